The lowest BCUT2D eigenvalue weighted by Crippen LogP contribution is -1.66. The van der Waals surface area contributed by atoms with Gasteiger partial charge < -0.3 is 0 Å². The molecule has 0 saturated heterocycles. The summed E-state index contributed by atoms with van der Waals surface area (Å²) in [6.45, 7) is 0. The second-order valence-corrected chi connectivity index (χ2v) is 2.43. The van der Waals surface area contributed by atoms with Crippen molar-refractivity contribution in [1.82, 2.24) is 0 Å². The molecule has 0 aromatic heterocycles. The fourth-order valence-corrected chi connectivity index (χ4v) is 0.617. The summed E-state index contributed by atoms with van der Waals surface area (Å²) < 4.78 is 8.70. The monoisotopic (exact) mass is 199 g/mol. The van der Waals surface area contributed by atoms with Crippen molar-refractivity contribution in [2.45, 2.75) is 0 Å². The Morgan fingerprint density at radius 1 is 1.23 bits per heavy atom. The van der Waals surface area contributed by atoms with Crippen molar-refractivity contribution in [2.24, 2.45) is 0 Å². The molecule has 68 valence electrons. The minimum Gasteiger partial charge on any atom is -0.233 e. The van der Waals surface area contributed by atoms with E-state index in [1.165, 1.54) is 6.08 Å². The summed E-state index contributed by atoms with van der Waals surface area (Å²) >= 11 is 0. The molecule has 2 N–H and O–H groups in total. The maximum absolute atomic E-state index is 9.79. The van der Waals surface area contributed by atoms with Crippen molar-refractivity contribution < 1.29 is 19.1 Å². The smallest absolute Gasteiger partial charge is 0.233 e. The van der Waals surface area contributed by atoms with Crippen molar-refractivity contribution in [1.29, 1.82) is 0 Å². The molecule has 1 aromatic carbocycles. The van der Waals surface area contributed by atoms with Crippen molar-refractivity contribution >= 4 is 20.3 Å². The van der Waals surface area contributed by atoms with Crippen LogP contribution >= 0.6 is 8.25 Å². The maximum Gasteiger partial charge on any atom is 0.692 e. The first-order valence-electron chi connectivity index (χ1n) is 3.27. The molecule has 5 heteroatoms. The Kier molecular flexibility index (Phi) is 6.60. The molecule has 0 aliphatic heterocycles. The van der Waals surface area contributed by atoms with E-state index in [9.17, 15) is 4.79 Å². The van der Waals surface area contributed by atoms with Gasteiger partial charge in [0.15, 0.2) is 0 Å². The van der Waals surface area contributed by atoms with Crippen LogP contribution in [0.5, 0.6) is 0 Å². The van der Waals surface area contributed by atoms with Gasteiger partial charge in [-0.15, -0.1) is 9.79 Å². The Balaban J connectivity index is 0.000000310. The van der Waals surface area contributed by atoms with E-state index in [4.69, 9.17) is 14.4 Å². The summed E-state index contributed by atoms with van der Waals surface area (Å²) in [5.74, 6) is 1.71. The molecule has 0 unspecified atom stereocenters. The normalized spacial score (nSPS) is 7.54. The van der Waals surface area contributed by atoms with Crippen LogP contribution in [-0.2, 0) is 9.36 Å². The molecule has 0 fully saturated rings. The third-order valence-electron chi connectivity index (χ3n) is 1.03. The third-order valence-corrected chi connectivity index (χ3v) is 1.03. The van der Waals surface area contributed by atoms with Crippen LogP contribution in [0.2, 0.25) is 0 Å². The summed E-state index contributed by atoms with van der Waals surface area (Å²) in [6.07, 6.45) is 1.40. The van der Waals surface area contributed by atoms with E-state index in [0.29, 0.717) is 0 Å². The van der Waals surface area contributed by atoms with Gasteiger partial charge in [-0.3, -0.25) is 0 Å². The first-order valence-corrected chi connectivity index (χ1v) is 4.44. The summed E-state index contributed by atoms with van der Waals surface area (Å²) in [6, 6.07) is 9.37. The largest absolute Gasteiger partial charge is 0.692 e. The fraction of sp³-hybridized carbons (Fsp3) is 0. The summed E-state index contributed by atoms with van der Waals surface area (Å²) in [4.78, 5) is 24.0. The van der Waals surface area contributed by atoms with Gasteiger partial charge >= 0.3 is 8.25 Å². The first kappa shape index (κ1) is 11.7. The van der Waals surface area contributed by atoms with Crippen LogP contribution < -0.4 is 0 Å². The SMILES string of the molecule is O=C=Cc1ccccc1.O=[P+](O)O. The highest BCUT2D eigenvalue weighted by Crippen LogP contribution is 1.98. The molecular formula is C8H8O4P+. The zero-order chi connectivity index (χ0) is 10.1. The van der Waals surface area contributed by atoms with Crippen LogP contribution in [0.1, 0.15) is 5.56 Å². The standard InChI is InChI=1S/C8H6O.HO3P/c9-7-6-8-4-2-1-3-5-8;1-4(2)3/h1-6H;(H-,1,2,3)/p+1. The predicted octanol–water partition coefficient (Wildman–Crippen LogP) is 1.16. The summed E-state index contributed by atoms with van der Waals surface area (Å²) in [5, 5.41) is 0. The van der Waals surface area contributed by atoms with Crippen molar-refractivity contribution in [3.8, 4) is 0 Å². The predicted molar refractivity (Wildman–Crippen MR) is 48.6 cm³/mol. The molecule has 0 atom stereocenters. The topological polar surface area (TPSA) is 74.6 Å². The van der Waals surface area contributed by atoms with Gasteiger partial charge in [-0.1, -0.05) is 30.3 Å². The van der Waals surface area contributed by atoms with E-state index >= 15 is 0 Å². The highest BCUT2D eigenvalue weighted by atomic mass is 31.1. The van der Waals surface area contributed by atoms with Crippen molar-refractivity contribution in [3.05, 3.63) is 35.9 Å². The zero-order valence-corrected chi connectivity index (χ0v) is 7.52. The van der Waals surface area contributed by atoms with Crippen LogP contribution in [0, 0.1) is 0 Å². The Morgan fingerprint density at radius 2 is 1.69 bits per heavy atom. The lowest BCUT2D eigenvalue weighted by molar-refractivity contribution is 0.405. The number of carbonyl (C=O) groups excluding carboxylic acids is 1. The first-order chi connectivity index (χ1) is 6.16. The molecular weight excluding hydrogens is 191 g/mol. The molecule has 1 aromatic rings. The van der Waals surface area contributed by atoms with E-state index < -0.39 is 8.25 Å². The molecule has 0 spiro atoms. The fourth-order valence-electron chi connectivity index (χ4n) is 0.617. The van der Waals surface area contributed by atoms with Gasteiger partial charge in [-0.25, -0.2) is 4.79 Å². The minimum absolute atomic E-state index is 0.896. The molecule has 0 amide bonds. The molecule has 0 bridgehead atoms. The second-order valence-electron chi connectivity index (χ2n) is 1.93. The summed E-state index contributed by atoms with van der Waals surface area (Å²) in [7, 11) is -2.87. The molecule has 4 nitrogen and oxygen atoms in total. The number of benzene rings is 1. The number of hydrogen-bond donors (Lipinski definition) is 2. The van der Waals surface area contributed by atoms with Crippen LogP contribution in [0.15, 0.2) is 30.3 Å². The van der Waals surface area contributed by atoms with Gasteiger partial charge in [0.05, 0.1) is 0 Å². The van der Waals surface area contributed by atoms with Gasteiger partial charge in [-0.2, -0.15) is 0 Å². The lowest BCUT2D eigenvalue weighted by atomic mass is 10.2. The average molecular weight is 199 g/mol. The van der Waals surface area contributed by atoms with Gasteiger partial charge in [0.1, 0.15) is 5.94 Å². The molecule has 0 heterocycles. The summed E-state index contributed by atoms with van der Waals surface area (Å²) in [5.41, 5.74) is 0.896. The molecule has 0 radical (unpaired) electrons. The quantitative estimate of drug-likeness (QED) is 0.525. The molecule has 0 saturated carbocycles. The Morgan fingerprint density at radius 3 is 2.08 bits per heavy atom. The Labute approximate surface area is 76.1 Å². The lowest BCUT2D eigenvalue weighted by Gasteiger charge is -1.83. The van der Waals surface area contributed by atoms with Crippen LogP contribution in [0.4, 0.5) is 0 Å². The van der Waals surface area contributed by atoms with Crippen LogP contribution in [-0.4, -0.2) is 15.7 Å². The number of rotatable bonds is 1. The third kappa shape index (κ3) is 8.60. The van der Waals surface area contributed by atoms with E-state index in [1.54, 1.807) is 5.94 Å². The van der Waals surface area contributed by atoms with E-state index in [2.05, 4.69) is 0 Å². The Hall–Kier alpha value is -1.31. The molecule has 13 heavy (non-hydrogen) atoms. The van der Waals surface area contributed by atoms with E-state index in [0.717, 1.165) is 5.56 Å². The van der Waals surface area contributed by atoms with Gasteiger partial charge in [-0.05, 0) is 5.56 Å². The molecule has 1 rings (SSSR count). The van der Waals surface area contributed by atoms with Gasteiger partial charge in [0.25, 0.3) is 0 Å². The van der Waals surface area contributed by atoms with E-state index in [1.807, 2.05) is 30.3 Å². The van der Waals surface area contributed by atoms with Gasteiger partial charge in [0, 0.05) is 10.6 Å². The highest BCUT2D eigenvalue weighted by Gasteiger charge is 1.93. The van der Waals surface area contributed by atoms with E-state index in [-0.39, 0.29) is 0 Å². The van der Waals surface area contributed by atoms with Crippen molar-refractivity contribution in [3.63, 3.8) is 0 Å². The minimum atomic E-state index is -2.87. The van der Waals surface area contributed by atoms with Gasteiger partial charge in [0.2, 0.25) is 0 Å². The number of hydrogen-bond acceptors (Lipinski definition) is 2. The highest BCUT2D eigenvalue weighted by molar-refractivity contribution is 7.30. The van der Waals surface area contributed by atoms with Crippen LogP contribution in [0.25, 0.3) is 6.08 Å². The van der Waals surface area contributed by atoms with Crippen molar-refractivity contribution in [2.75, 3.05) is 0 Å². The molecule has 0 aliphatic rings. The average Bonchev–Trinajstić information content (AvgIpc) is 2.06. The maximum atomic E-state index is 9.79. The zero-order valence-electron chi connectivity index (χ0n) is 6.62. The second kappa shape index (κ2) is 7.35. The van der Waals surface area contributed by atoms with Crippen LogP contribution in [0.3, 0.4) is 0 Å². The molecule has 0 aliphatic carbocycles. The Bertz CT molecular complexity index is 299.